The molecule has 0 aliphatic heterocycles. The van der Waals surface area contributed by atoms with Crippen molar-refractivity contribution in [3.05, 3.63) is 34.9 Å². The van der Waals surface area contributed by atoms with Gasteiger partial charge in [-0.2, -0.15) is 0 Å². The van der Waals surface area contributed by atoms with E-state index in [-0.39, 0.29) is 30.6 Å². The summed E-state index contributed by atoms with van der Waals surface area (Å²) in [5, 5.41) is 12.2. The molecule has 1 aliphatic rings. The molecule has 0 saturated carbocycles. The van der Waals surface area contributed by atoms with Crippen LogP contribution in [0, 0.1) is 0 Å². The molecule has 0 fully saturated rings. The molecule has 22 heavy (non-hydrogen) atoms. The largest absolute Gasteiger partial charge is 0.393 e. The summed E-state index contributed by atoms with van der Waals surface area (Å²) in [5.41, 5.74) is 3.35. The van der Waals surface area contributed by atoms with Crippen molar-refractivity contribution in [3.8, 4) is 0 Å². The molecule has 0 radical (unpaired) electrons. The molecular formula is C18H25NO3. The van der Waals surface area contributed by atoms with Crippen molar-refractivity contribution >= 4 is 11.7 Å². The van der Waals surface area contributed by atoms with Crippen molar-refractivity contribution in [2.45, 2.75) is 58.0 Å². The Morgan fingerprint density at radius 3 is 2.77 bits per heavy atom. The highest BCUT2D eigenvalue weighted by Crippen LogP contribution is 2.23. The minimum absolute atomic E-state index is 0.0263. The highest BCUT2D eigenvalue weighted by atomic mass is 16.3. The van der Waals surface area contributed by atoms with Gasteiger partial charge in [0.1, 0.15) is 0 Å². The zero-order valence-electron chi connectivity index (χ0n) is 13.2. The SMILES string of the molecule is CCC(O)CCNC(=O)CCC(=O)c1ccc2c(c1)CCC2. The number of ketones is 1. The Morgan fingerprint density at radius 1 is 1.23 bits per heavy atom. The molecule has 4 nitrogen and oxygen atoms in total. The van der Waals surface area contributed by atoms with Gasteiger partial charge in [0.2, 0.25) is 5.91 Å². The second kappa shape index (κ2) is 8.08. The molecule has 1 aromatic rings. The Balaban J connectivity index is 1.74. The fourth-order valence-electron chi connectivity index (χ4n) is 2.79. The van der Waals surface area contributed by atoms with Crippen LogP contribution in [0.1, 0.15) is 60.5 Å². The van der Waals surface area contributed by atoms with E-state index in [1.54, 1.807) is 0 Å². The Bertz CT molecular complexity index is 539. The third kappa shape index (κ3) is 4.67. The number of amides is 1. The molecule has 0 spiro atoms. The molecule has 1 aliphatic carbocycles. The van der Waals surface area contributed by atoms with Crippen LogP contribution in [0.15, 0.2) is 18.2 Å². The fourth-order valence-corrected chi connectivity index (χ4v) is 2.79. The summed E-state index contributed by atoms with van der Waals surface area (Å²) in [6, 6.07) is 5.91. The molecule has 120 valence electrons. The molecule has 4 heteroatoms. The van der Waals surface area contributed by atoms with E-state index in [1.165, 1.54) is 17.5 Å². The van der Waals surface area contributed by atoms with E-state index in [0.717, 1.165) is 18.4 Å². The monoisotopic (exact) mass is 303 g/mol. The molecule has 2 rings (SSSR count). The molecule has 0 bridgehead atoms. The van der Waals surface area contributed by atoms with Crippen LogP contribution in [0.5, 0.6) is 0 Å². The van der Waals surface area contributed by atoms with Gasteiger partial charge in [0, 0.05) is 24.9 Å². The lowest BCUT2D eigenvalue weighted by molar-refractivity contribution is -0.121. The number of rotatable bonds is 8. The van der Waals surface area contributed by atoms with E-state index >= 15 is 0 Å². The molecule has 2 N–H and O–H groups in total. The first-order chi connectivity index (χ1) is 10.6. The highest BCUT2D eigenvalue weighted by molar-refractivity contribution is 5.98. The van der Waals surface area contributed by atoms with E-state index in [0.29, 0.717) is 19.4 Å². The van der Waals surface area contributed by atoms with Gasteiger partial charge in [0.25, 0.3) is 0 Å². The maximum Gasteiger partial charge on any atom is 0.220 e. The zero-order valence-corrected chi connectivity index (χ0v) is 13.2. The van der Waals surface area contributed by atoms with Crippen LogP contribution in [0.3, 0.4) is 0 Å². The summed E-state index contributed by atoms with van der Waals surface area (Å²) < 4.78 is 0. The molecule has 1 aromatic carbocycles. The van der Waals surface area contributed by atoms with Gasteiger partial charge in [0.15, 0.2) is 5.78 Å². The second-order valence-electron chi connectivity index (χ2n) is 5.96. The summed E-state index contributed by atoms with van der Waals surface area (Å²) in [4.78, 5) is 23.8. The quantitative estimate of drug-likeness (QED) is 0.725. The predicted octanol–water partition coefficient (Wildman–Crippen LogP) is 2.42. The number of hydrogen-bond acceptors (Lipinski definition) is 3. The van der Waals surface area contributed by atoms with Crippen molar-refractivity contribution in [2.24, 2.45) is 0 Å². The zero-order chi connectivity index (χ0) is 15.9. The van der Waals surface area contributed by atoms with Crippen molar-refractivity contribution in [2.75, 3.05) is 6.54 Å². The predicted molar refractivity (Wildman–Crippen MR) is 86.0 cm³/mol. The third-order valence-electron chi connectivity index (χ3n) is 4.27. The van der Waals surface area contributed by atoms with Gasteiger partial charge < -0.3 is 10.4 Å². The van der Waals surface area contributed by atoms with Crippen LogP contribution >= 0.6 is 0 Å². The van der Waals surface area contributed by atoms with Crippen LogP contribution in [0.25, 0.3) is 0 Å². The van der Waals surface area contributed by atoms with Crippen LogP contribution < -0.4 is 5.32 Å². The van der Waals surface area contributed by atoms with Gasteiger partial charge in [-0.3, -0.25) is 9.59 Å². The van der Waals surface area contributed by atoms with Gasteiger partial charge in [0.05, 0.1) is 6.10 Å². The van der Waals surface area contributed by atoms with Gasteiger partial charge in [-0.1, -0.05) is 19.1 Å². The minimum Gasteiger partial charge on any atom is -0.393 e. The van der Waals surface area contributed by atoms with Crippen LogP contribution in [-0.2, 0) is 17.6 Å². The number of benzene rings is 1. The number of carbonyl (C=O) groups excluding carboxylic acids is 2. The van der Waals surface area contributed by atoms with E-state index < -0.39 is 0 Å². The maximum absolute atomic E-state index is 12.2. The number of fused-ring (bicyclic) bond motifs is 1. The lowest BCUT2D eigenvalue weighted by Gasteiger charge is -2.09. The number of hydrogen-bond donors (Lipinski definition) is 2. The molecule has 1 unspecified atom stereocenters. The van der Waals surface area contributed by atoms with Crippen molar-refractivity contribution < 1.29 is 14.7 Å². The van der Waals surface area contributed by atoms with Crippen molar-refractivity contribution in [1.82, 2.24) is 5.32 Å². The summed E-state index contributed by atoms with van der Waals surface area (Å²) >= 11 is 0. The van der Waals surface area contributed by atoms with E-state index in [1.807, 2.05) is 25.1 Å². The Hall–Kier alpha value is -1.68. The second-order valence-corrected chi connectivity index (χ2v) is 5.96. The lowest BCUT2D eigenvalue weighted by Crippen LogP contribution is -2.27. The van der Waals surface area contributed by atoms with E-state index in [2.05, 4.69) is 5.32 Å². The Labute approximate surface area is 131 Å². The van der Waals surface area contributed by atoms with Crippen molar-refractivity contribution in [3.63, 3.8) is 0 Å². The van der Waals surface area contributed by atoms with E-state index in [4.69, 9.17) is 0 Å². The molecule has 0 heterocycles. The first-order valence-corrected chi connectivity index (χ1v) is 8.20. The topological polar surface area (TPSA) is 66.4 Å². The summed E-state index contributed by atoms with van der Waals surface area (Å²) in [5.74, 6) is -0.101. The van der Waals surface area contributed by atoms with E-state index in [9.17, 15) is 14.7 Å². The molecule has 0 aromatic heterocycles. The molecule has 1 atom stereocenters. The number of nitrogens with one attached hydrogen (secondary N) is 1. The minimum atomic E-state index is -0.367. The first kappa shape index (κ1) is 16.7. The molecule has 1 amide bonds. The summed E-state index contributed by atoms with van der Waals surface area (Å²) in [6.07, 6.45) is 4.64. The number of aliphatic hydroxyl groups is 1. The van der Waals surface area contributed by atoms with Crippen LogP contribution in [-0.4, -0.2) is 29.4 Å². The molecular weight excluding hydrogens is 278 g/mol. The lowest BCUT2D eigenvalue weighted by atomic mass is 10.0. The summed E-state index contributed by atoms with van der Waals surface area (Å²) in [6.45, 7) is 2.36. The normalized spacial score (nSPS) is 14.5. The smallest absolute Gasteiger partial charge is 0.220 e. The van der Waals surface area contributed by atoms with Gasteiger partial charge in [-0.05, 0) is 49.3 Å². The molecule has 0 saturated heterocycles. The summed E-state index contributed by atoms with van der Waals surface area (Å²) in [7, 11) is 0. The Morgan fingerprint density at radius 2 is 2.00 bits per heavy atom. The average Bonchev–Trinajstić information content (AvgIpc) is 2.99. The van der Waals surface area contributed by atoms with Crippen molar-refractivity contribution in [1.29, 1.82) is 0 Å². The number of carbonyl (C=O) groups is 2. The standard InChI is InChI=1S/C18H25NO3/c1-2-16(20)10-11-19-18(22)9-8-17(21)15-7-6-13-4-3-5-14(13)12-15/h6-7,12,16,20H,2-5,8-11H2,1H3,(H,19,22). The van der Waals surface area contributed by atoms with Crippen LogP contribution in [0.2, 0.25) is 0 Å². The number of aryl methyl sites for hydroxylation is 2. The van der Waals surface area contributed by atoms with Gasteiger partial charge in [-0.15, -0.1) is 0 Å². The Kier molecular flexibility index (Phi) is 6.13. The van der Waals surface area contributed by atoms with Crippen LogP contribution in [0.4, 0.5) is 0 Å². The third-order valence-corrected chi connectivity index (χ3v) is 4.27. The number of Topliss-reactive ketones (excluding diaryl/α,β-unsaturated/α-hetero) is 1. The first-order valence-electron chi connectivity index (χ1n) is 8.20. The number of aliphatic hydroxyl groups excluding tert-OH is 1. The van der Waals surface area contributed by atoms with Gasteiger partial charge in [-0.25, -0.2) is 0 Å². The fraction of sp³-hybridized carbons (Fsp3) is 0.556. The van der Waals surface area contributed by atoms with Gasteiger partial charge >= 0.3 is 0 Å². The highest BCUT2D eigenvalue weighted by Gasteiger charge is 2.14. The maximum atomic E-state index is 12.2. The average molecular weight is 303 g/mol.